The van der Waals surface area contributed by atoms with Gasteiger partial charge in [0, 0.05) is 71.0 Å². The largest absolute Gasteiger partial charge is 0.352 e. The predicted molar refractivity (Wildman–Crippen MR) is 148 cm³/mol. The van der Waals surface area contributed by atoms with E-state index in [0.717, 1.165) is 17.0 Å². The lowest BCUT2D eigenvalue weighted by Gasteiger charge is -2.44. The number of aromatic nitrogens is 2. The van der Waals surface area contributed by atoms with Crippen LogP contribution in [0.4, 0.5) is 14.6 Å². The van der Waals surface area contributed by atoms with Crippen molar-refractivity contribution in [3.63, 3.8) is 0 Å². The lowest BCUT2D eigenvalue weighted by molar-refractivity contribution is -0.130. The number of carbonyl (C=O) groups is 1. The molecule has 0 aliphatic carbocycles. The fourth-order valence-electron chi connectivity index (χ4n) is 5.64. The minimum Gasteiger partial charge on any atom is -0.352 e. The molecular formula is C27H28ClF2N5O2S. The van der Waals surface area contributed by atoms with Crippen molar-refractivity contribution in [2.45, 2.75) is 50.3 Å². The number of aryl methyl sites for hydroxylation is 1. The van der Waals surface area contributed by atoms with Crippen LogP contribution in [0.15, 0.2) is 40.5 Å². The third-order valence-corrected chi connectivity index (χ3v) is 8.75. The summed E-state index contributed by atoms with van der Waals surface area (Å²) in [7, 11) is 0. The second-order valence-electron chi connectivity index (χ2n) is 9.99. The van der Waals surface area contributed by atoms with Crippen LogP contribution in [0.1, 0.15) is 19.4 Å². The minimum absolute atomic E-state index is 0.141. The number of nitrogens with two attached hydrogens (primary N) is 1. The zero-order chi connectivity index (χ0) is 27.5. The first kappa shape index (κ1) is 26.6. The number of hydrogen-bond donors (Lipinski definition) is 1. The van der Waals surface area contributed by atoms with Crippen molar-refractivity contribution in [1.29, 1.82) is 0 Å². The molecule has 1 saturated heterocycles. The normalized spacial score (nSPS) is 21.5. The Bertz CT molecular complexity index is 1530. The van der Waals surface area contributed by atoms with Crippen LogP contribution in [-0.2, 0) is 11.3 Å². The molecule has 0 spiro atoms. The first-order chi connectivity index (χ1) is 18.0. The van der Waals surface area contributed by atoms with Gasteiger partial charge in [0.05, 0.1) is 10.5 Å². The lowest BCUT2D eigenvalue weighted by Crippen LogP contribution is -2.58. The van der Waals surface area contributed by atoms with Crippen molar-refractivity contribution >= 4 is 46.0 Å². The van der Waals surface area contributed by atoms with Gasteiger partial charge in [0.2, 0.25) is 5.91 Å². The summed E-state index contributed by atoms with van der Waals surface area (Å²) in [5, 5.41) is 0.546. The Kier molecular flexibility index (Phi) is 7.00. The van der Waals surface area contributed by atoms with Gasteiger partial charge < -0.3 is 15.5 Å². The maximum atomic E-state index is 15.1. The number of carbonyl (C=O) groups excluding carboxylic acids is 1. The van der Waals surface area contributed by atoms with E-state index >= 15 is 4.39 Å². The van der Waals surface area contributed by atoms with E-state index < -0.39 is 17.3 Å². The summed E-state index contributed by atoms with van der Waals surface area (Å²) in [5.41, 5.74) is 7.92. The van der Waals surface area contributed by atoms with Crippen LogP contribution < -0.4 is 16.3 Å². The molecule has 1 amide bonds. The standard InChI is InChI=1S/C27H28ClF2N5O2S/c1-5-22(36)35-14(3)9-33(10-15(35)4)26-18-6-13(2)23(17-7-19(28)21(30)8-20(17)29)25-24(18)34(27(37)32-26)11-16(31)12-38-25/h5-8,14-16H,1,9-12,31H2,2-4H3/t14-,15+,16?. The average Bonchev–Trinajstić information content (AvgIpc) is 3.03. The van der Waals surface area contributed by atoms with Gasteiger partial charge >= 0.3 is 5.69 Å². The van der Waals surface area contributed by atoms with Crippen LogP contribution in [0.25, 0.3) is 22.0 Å². The first-order valence-electron chi connectivity index (χ1n) is 12.3. The van der Waals surface area contributed by atoms with Crippen LogP contribution in [0, 0.1) is 18.6 Å². The molecule has 11 heteroatoms. The summed E-state index contributed by atoms with van der Waals surface area (Å²) >= 11 is 7.49. The van der Waals surface area contributed by atoms with Gasteiger partial charge in [-0.25, -0.2) is 13.6 Å². The number of piperazine rings is 1. The van der Waals surface area contributed by atoms with E-state index in [2.05, 4.69) is 11.6 Å². The number of halogens is 3. The average molecular weight is 560 g/mol. The van der Waals surface area contributed by atoms with Crippen molar-refractivity contribution in [2.24, 2.45) is 5.73 Å². The molecule has 1 fully saturated rings. The van der Waals surface area contributed by atoms with Gasteiger partial charge in [-0.05, 0) is 44.5 Å². The number of anilines is 1. The summed E-state index contributed by atoms with van der Waals surface area (Å²) in [6.07, 6.45) is 1.31. The third-order valence-electron chi connectivity index (χ3n) is 7.18. The molecule has 0 saturated carbocycles. The zero-order valence-corrected chi connectivity index (χ0v) is 22.9. The van der Waals surface area contributed by atoms with Crippen molar-refractivity contribution in [3.05, 3.63) is 63.6 Å². The summed E-state index contributed by atoms with van der Waals surface area (Å²) in [6, 6.07) is 3.33. The topological polar surface area (TPSA) is 84.5 Å². The maximum Gasteiger partial charge on any atom is 0.350 e. The van der Waals surface area contributed by atoms with Crippen LogP contribution in [0.3, 0.4) is 0 Å². The second-order valence-corrected chi connectivity index (χ2v) is 11.4. The predicted octanol–water partition coefficient (Wildman–Crippen LogP) is 4.35. The molecule has 2 aliphatic heterocycles. The second kappa shape index (κ2) is 9.98. The highest BCUT2D eigenvalue weighted by atomic mass is 35.5. The summed E-state index contributed by atoms with van der Waals surface area (Å²) in [5.74, 6) is -0.719. The van der Waals surface area contributed by atoms with Crippen LogP contribution in [-0.4, -0.2) is 57.3 Å². The van der Waals surface area contributed by atoms with Gasteiger partial charge in [0.15, 0.2) is 0 Å². The number of amides is 1. The molecule has 7 nitrogen and oxygen atoms in total. The van der Waals surface area contributed by atoms with Gasteiger partial charge in [-0.1, -0.05) is 18.2 Å². The van der Waals surface area contributed by atoms with Crippen LogP contribution in [0.2, 0.25) is 5.02 Å². The molecule has 3 atom stereocenters. The van der Waals surface area contributed by atoms with Crippen molar-refractivity contribution in [3.8, 4) is 11.1 Å². The minimum atomic E-state index is -0.840. The Balaban J connectivity index is 1.76. The highest BCUT2D eigenvalue weighted by Gasteiger charge is 2.34. The first-order valence-corrected chi connectivity index (χ1v) is 13.7. The molecule has 0 bridgehead atoms. The third kappa shape index (κ3) is 4.38. The highest BCUT2D eigenvalue weighted by molar-refractivity contribution is 7.99. The van der Waals surface area contributed by atoms with E-state index in [-0.39, 0.29) is 41.2 Å². The Morgan fingerprint density at radius 2 is 1.87 bits per heavy atom. The zero-order valence-electron chi connectivity index (χ0n) is 21.3. The Morgan fingerprint density at radius 3 is 2.53 bits per heavy atom. The molecule has 3 aromatic rings. The van der Waals surface area contributed by atoms with Crippen LogP contribution in [0.5, 0.6) is 0 Å². The fourth-order valence-corrected chi connectivity index (χ4v) is 7.06. The smallest absolute Gasteiger partial charge is 0.350 e. The van der Waals surface area contributed by atoms with E-state index in [1.165, 1.54) is 23.9 Å². The molecule has 200 valence electrons. The monoisotopic (exact) mass is 559 g/mol. The van der Waals surface area contributed by atoms with Crippen LogP contribution >= 0.6 is 23.4 Å². The molecule has 3 heterocycles. The van der Waals surface area contributed by atoms with Gasteiger partial charge in [-0.3, -0.25) is 9.36 Å². The van der Waals surface area contributed by atoms with Gasteiger partial charge in [0.1, 0.15) is 17.5 Å². The molecule has 5 rings (SSSR count). The SMILES string of the molecule is C=CC(=O)N1[C@H](C)CN(c2nc(=O)n3c4c(c(-c5cc(Cl)c(F)cc5F)c(C)cc24)SCC(N)C3)C[C@@H]1C. The van der Waals surface area contributed by atoms with Crippen molar-refractivity contribution in [2.75, 3.05) is 23.7 Å². The van der Waals surface area contributed by atoms with E-state index in [9.17, 15) is 14.0 Å². The summed E-state index contributed by atoms with van der Waals surface area (Å²) < 4.78 is 30.7. The number of hydrogen-bond acceptors (Lipinski definition) is 6. The van der Waals surface area contributed by atoms with E-state index in [1.807, 2.05) is 31.7 Å². The molecule has 38 heavy (non-hydrogen) atoms. The van der Waals surface area contributed by atoms with Gasteiger partial charge in [-0.2, -0.15) is 4.98 Å². The number of thioether (sulfide) groups is 1. The number of nitrogens with zero attached hydrogens (tertiary/aromatic N) is 4. The summed E-state index contributed by atoms with van der Waals surface area (Å²) in [6.45, 7) is 10.6. The summed E-state index contributed by atoms with van der Waals surface area (Å²) in [4.78, 5) is 34.8. The van der Waals surface area contributed by atoms with E-state index in [4.69, 9.17) is 17.3 Å². The fraction of sp³-hybridized carbons (Fsp3) is 0.370. The van der Waals surface area contributed by atoms with E-state index in [0.29, 0.717) is 40.6 Å². The highest BCUT2D eigenvalue weighted by Crippen LogP contribution is 2.44. The molecule has 1 unspecified atom stereocenters. The van der Waals surface area contributed by atoms with Gasteiger partial charge in [-0.15, -0.1) is 11.8 Å². The van der Waals surface area contributed by atoms with Crippen molar-refractivity contribution in [1.82, 2.24) is 14.5 Å². The van der Waals surface area contributed by atoms with Gasteiger partial charge in [0.25, 0.3) is 0 Å². The molecule has 2 aliphatic rings. The Labute approximate surface area is 228 Å². The Morgan fingerprint density at radius 1 is 1.18 bits per heavy atom. The number of rotatable bonds is 3. The van der Waals surface area contributed by atoms with Crippen molar-refractivity contribution < 1.29 is 13.6 Å². The molecule has 1 aromatic heterocycles. The quantitative estimate of drug-likeness (QED) is 0.379. The molecule has 2 aromatic carbocycles. The van der Waals surface area contributed by atoms with E-state index in [1.54, 1.807) is 9.47 Å². The molecular weight excluding hydrogens is 532 g/mol. The number of benzene rings is 2. The molecule has 2 N–H and O–H groups in total. The molecule has 0 radical (unpaired) electrons. The maximum absolute atomic E-state index is 15.1. The lowest BCUT2D eigenvalue weighted by atomic mass is 9.97. The Hall–Kier alpha value is -2.95.